The molecule has 114 valence electrons. The van der Waals surface area contributed by atoms with Gasteiger partial charge >= 0.3 is 6.03 Å². The second-order valence-corrected chi connectivity index (χ2v) is 6.15. The average Bonchev–Trinajstić information content (AvgIpc) is 3.09. The second-order valence-electron chi connectivity index (χ2n) is 6.15. The molecule has 1 saturated carbocycles. The van der Waals surface area contributed by atoms with E-state index in [2.05, 4.69) is 10.6 Å². The molecule has 1 saturated heterocycles. The Labute approximate surface area is 118 Å². The molecule has 0 radical (unpaired) electrons. The molecule has 0 bridgehead atoms. The van der Waals surface area contributed by atoms with Crippen LogP contribution in [0.15, 0.2) is 0 Å². The molecule has 0 aromatic rings. The highest BCUT2D eigenvalue weighted by Gasteiger charge is 2.34. The maximum Gasteiger partial charge on any atom is 0.321 e. The van der Waals surface area contributed by atoms with E-state index in [1.807, 2.05) is 18.7 Å². The molecule has 0 aromatic heterocycles. The molecule has 1 atom stereocenters. The Kier molecular flexibility index (Phi) is 4.62. The van der Waals surface area contributed by atoms with Crippen LogP contribution in [-0.4, -0.2) is 65.9 Å². The highest BCUT2D eigenvalue weighted by Crippen LogP contribution is 2.20. The largest absolute Gasteiger partial charge is 0.394 e. The van der Waals surface area contributed by atoms with Crippen molar-refractivity contribution < 1.29 is 19.4 Å². The Balaban J connectivity index is 1.78. The van der Waals surface area contributed by atoms with Crippen LogP contribution in [0.3, 0.4) is 0 Å². The third kappa shape index (κ3) is 4.73. The molecule has 1 heterocycles. The predicted octanol–water partition coefficient (Wildman–Crippen LogP) is -0.554. The van der Waals surface area contributed by atoms with Crippen LogP contribution in [0.1, 0.15) is 26.7 Å². The summed E-state index contributed by atoms with van der Waals surface area (Å²) in [7, 11) is 0. The summed E-state index contributed by atoms with van der Waals surface area (Å²) in [4.78, 5) is 25.2. The van der Waals surface area contributed by atoms with Crippen LogP contribution in [0.25, 0.3) is 0 Å². The van der Waals surface area contributed by atoms with Crippen LogP contribution in [0.2, 0.25) is 0 Å². The number of nitrogens with one attached hydrogen (secondary N) is 2. The van der Waals surface area contributed by atoms with E-state index < -0.39 is 11.6 Å². The van der Waals surface area contributed by atoms with E-state index in [0.717, 1.165) is 12.8 Å². The summed E-state index contributed by atoms with van der Waals surface area (Å²) in [6.07, 6.45) is 1.67. The lowest BCUT2D eigenvalue weighted by Gasteiger charge is -2.41. The monoisotopic (exact) mass is 285 g/mol. The summed E-state index contributed by atoms with van der Waals surface area (Å²) >= 11 is 0. The highest BCUT2D eigenvalue weighted by molar-refractivity contribution is 5.95. The van der Waals surface area contributed by atoms with Gasteiger partial charge in [0.15, 0.2) is 0 Å². The third-order valence-electron chi connectivity index (χ3n) is 3.29. The molecule has 7 nitrogen and oxygen atoms in total. The van der Waals surface area contributed by atoms with Crippen LogP contribution in [-0.2, 0) is 9.53 Å². The SMILES string of the molecule is CC1(C)CN(CC(=O)NC(=O)NC2CC2)CC(CO)O1. The van der Waals surface area contributed by atoms with E-state index in [1.165, 1.54) is 0 Å². The van der Waals surface area contributed by atoms with E-state index in [1.54, 1.807) is 0 Å². The zero-order chi connectivity index (χ0) is 14.8. The summed E-state index contributed by atoms with van der Waals surface area (Å²) in [5, 5.41) is 14.2. The Bertz CT molecular complexity index is 382. The number of ether oxygens (including phenoxy) is 1. The molecule has 7 heteroatoms. The summed E-state index contributed by atoms with van der Waals surface area (Å²) < 4.78 is 5.67. The van der Waals surface area contributed by atoms with Crippen LogP contribution in [0, 0.1) is 0 Å². The first-order valence-electron chi connectivity index (χ1n) is 6.99. The number of imide groups is 1. The van der Waals surface area contributed by atoms with Crippen molar-refractivity contribution in [1.82, 2.24) is 15.5 Å². The Morgan fingerprint density at radius 1 is 1.40 bits per heavy atom. The van der Waals surface area contributed by atoms with Crippen molar-refractivity contribution >= 4 is 11.9 Å². The molecule has 20 heavy (non-hydrogen) atoms. The number of aliphatic hydroxyl groups is 1. The minimum atomic E-state index is -0.427. The average molecular weight is 285 g/mol. The maximum absolute atomic E-state index is 11.8. The maximum atomic E-state index is 11.8. The fourth-order valence-corrected chi connectivity index (χ4v) is 2.45. The second kappa shape index (κ2) is 6.07. The summed E-state index contributed by atoms with van der Waals surface area (Å²) in [5.74, 6) is -0.336. The number of aliphatic hydroxyl groups excluding tert-OH is 1. The fourth-order valence-electron chi connectivity index (χ4n) is 2.45. The van der Waals surface area contributed by atoms with Gasteiger partial charge in [-0.1, -0.05) is 0 Å². The Morgan fingerprint density at radius 3 is 2.70 bits per heavy atom. The predicted molar refractivity (Wildman–Crippen MR) is 72.2 cm³/mol. The zero-order valence-electron chi connectivity index (χ0n) is 12.0. The zero-order valence-corrected chi connectivity index (χ0v) is 12.0. The van der Waals surface area contributed by atoms with Gasteiger partial charge in [0.25, 0.3) is 0 Å². The molecule has 3 N–H and O–H groups in total. The van der Waals surface area contributed by atoms with Crippen molar-refractivity contribution in [3.63, 3.8) is 0 Å². The molecule has 1 aliphatic carbocycles. The van der Waals surface area contributed by atoms with E-state index in [0.29, 0.717) is 13.1 Å². The van der Waals surface area contributed by atoms with Gasteiger partial charge in [0.2, 0.25) is 5.91 Å². The highest BCUT2D eigenvalue weighted by atomic mass is 16.5. The molecule has 0 aromatic carbocycles. The molecule has 2 fully saturated rings. The minimum Gasteiger partial charge on any atom is -0.394 e. The number of hydrogen-bond acceptors (Lipinski definition) is 5. The standard InChI is InChI=1S/C13H23N3O4/c1-13(2)8-16(5-10(7-17)20-13)6-11(18)15-12(19)14-9-3-4-9/h9-10,17H,3-8H2,1-2H3,(H2,14,15,18,19). The molecule has 2 rings (SSSR count). The summed E-state index contributed by atoms with van der Waals surface area (Å²) in [5.41, 5.74) is -0.414. The number of nitrogens with zero attached hydrogens (tertiary/aromatic N) is 1. The quantitative estimate of drug-likeness (QED) is 0.644. The topological polar surface area (TPSA) is 90.9 Å². The molecule has 1 aliphatic heterocycles. The van der Waals surface area contributed by atoms with E-state index in [4.69, 9.17) is 4.74 Å². The lowest BCUT2D eigenvalue weighted by Crippen LogP contribution is -2.56. The van der Waals surface area contributed by atoms with Crippen molar-refractivity contribution in [3.05, 3.63) is 0 Å². The van der Waals surface area contributed by atoms with Crippen LogP contribution < -0.4 is 10.6 Å². The third-order valence-corrected chi connectivity index (χ3v) is 3.29. The molecule has 3 amide bonds. The lowest BCUT2D eigenvalue weighted by molar-refractivity contribution is -0.152. The van der Waals surface area contributed by atoms with Gasteiger partial charge in [0.05, 0.1) is 24.9 Å². The van der Waals surface area contributed by atoms with Crippen molar-refractivity contribution in [3.8, 4) is 0 Å². The number of urea groups is 1. The van der Waals surface area contributed by atoms with Gasteiger partial charge in [0.1, 0.15) is 0 Å². The van der Waals surface area contributed by atoms with Gasteiger partial charge in [-0.15, -0.1) is 0 Å². The normalized spacial score (nSPS) is 26.1. The number of morpholine rings is 1. The van der Waals surface area contributed by atoms with Crippen LogP contribution >= 0.6 is 0 Å². The number of amides is 3. The number of hydrogen-bond donors (Lipinski definition) is 3. The first-order valence-corrected chi connectivity index (χ1v) is 6.99. The number of carbonyl (C=O) groups excluding carboxylic acids is 2. The van der Waals surface area contributed by atoms with Crippen molar-refractivity contribution in [2.45, 2.75) is 44.4 Å². The van der Waals surface area contributed by atoms with E-state index >= 15 is 0 Å². The van der Waals surface area contributed by atoms with Gasteiger partial charge in [0, 0.05) is 19.1 Å². The number of rotatable bonds is 4. The van der Waals surface area contributed by atoms with Crippen molar-refractivity contribution in [2.75, 3.05) is 26.2 Å². The lowest BCUT2D eigenvalue weighted by atomic mass is 10.1. The number of carbonyl (C=O) groups is 2. The minimum absolute atomic E-state index is 0.0796. The van der Waals surface area contributed by atoms with Crippen LogP contribution in [0.5, 0.6) is 0 Å². The Morgan fingerprint density at radius 2 is 2.10 bits per heavy atom. The van der Waals surface area contributed by atoms with Gasteiger partial charge in [-0.25, -0.2) is 4.79 Å². The van der Waals surface area contributed by atoms with Crippen molar-refractivity contribution in [2.24, 2.45) is 0 Å². The molecule has 2 aliphatic rings. The molecule has 0 spiro atoms. The Hall–Kier alpha value is -1.18. The van der Waals surface area contributed by atoms with Crippen molar-refractivity contribution in [1.29, 1.82) is 0 Å². The van der Waals surface area contributed by atoms with Gasteiger partial charge in [-0.05, 0) is 26.7 Å². The van der Waals surface area contributed by atoms with E-state index in [9.17, 15) is 14.7 Å². The van der Waals surface area contributed by atoms with Crippen LogP contribution in [0.4, 0.5) is 4.79 Å². The van der Waals surface area contributed by atoms with Gasteiger partial charge in [-0.3, -0.25) is 15.0 Å². The fraction of sp³-hybridized carbons (Fsp3) is 0.846. The first kappa shape index (κ1) is 15.2. The smallest absolute Gasteiger partial charge is 0.321 e. The molecular formula is C13H23N3O4. The first-order chi connectivity index (χ1) is 9.38. The van der Waals surface area contributed by atoms with Gasteiger partial charge in [-0.2, -0.15) is 0 Å². The summed E-state index contributed by atoms with van der Waals surface area (Å²) in [6.45, 7) is 4.95. The van der Waals surface area contributed by atoms with Gasteiger partial charge < -0.3 is 15.2 Å². The van der Waals surface area contributed by atoms with E-state index in [-0.39, 0.29) is 31.2 Å². The summed E-state index contributed by atoms with van der Waals surface area (Å²) in [6, 6.07) is -0.201. The molecule has 1 unspecified atom stereocenters. The molecular weight excluding hydrogens is 262 g/mol.